The minimum atomic E-state index is -3.06. The fourth-order valence-electron chi connectivity index (χ4n) is 4.96. The normalized spacial score (nSPS) is 14.0. The predicted octanol–water partition coefficient (Wildman–Crippen LogP) is 7.87. The first-order chi connectivity index (χ1) is 16.6. The smallest absolute Gasteiger partial charge is 0.288 e. The van der Waals surface area contributed by atoms with Crippen molar-refractivity contribution >= 4 is 34.8 Å². The molecule has 8 heteroatoms. The maximum atomic E-state index is 14.9. The van der Waals surface area contributed by atoms with Gasteiger partial charge in [0, 0.05) is 38.1 Å². The molecule has 4 nitrogen and oxygen atoms in total. The fraction of sp³-hybridized carbons (Fsp3) is 0.444. The number of halogens is 4. The molecule has 0 fully saturated rings. The zero-order chi connectivity index (χ0) is 25.3. The fourth-order valence-corrected chi connectivity index (χ4v) is 5.51. The molecule has 2 heterocycles. The monoisotopic (exact) mass is 520 g/mol. The minimum Gasteiger partial charge on any atom is -0.312 e. The Morgan fingerprint density at radius 3 is 2.40 bits per heavy atom. The number of nitrogens with zero attached hydrogens (tertiary/aromatic N) is 4. The van der Waals surface area contributed by atoms with Crippen molar-refractivity contribution in [1.29, 1.82) is 0 Å². The molecule has 4 rings (SSSR count). The molecule has 1 aliphatic heterocycles. The van der Waals surface area contributed by atoms with Crippen LogP contribution in [0.2, 0.25) is 10.0 Å². The largest absolute Gasteiger partial charge is 0.312 e. The molecule has 3 aromatic rings. The van der Waals surface area contributed by atoms with Crippen LogP contribution in [0.4, 0.5) is 20.4 Å². The Kier molecular flexibility index (Phi) is 7.74. The van der Waals surface area contributed by atoms with Gasteiger partial charge in [-0.15, -0.1) is 0 Å². The van der Waals surface area contributed by atoms with Crippen molar-refractivity contribution in [1.82, 2.24) is 14.5 Å². The van der Waals surface area contributed by atoms with Crippen LogP contribution >= 0.6 is 23.2 Å². The van der Waals surface area contributed by atoms with Gasteiger partial charge in [0.05, 0.1) is 16.4 Å². The van der Waals surface area contributed by atoms with Gasteiger partial charge in [0.25, 0.3) is 5.92 Å². The van der Waals surface area contributed by atoms with Crippen LogP contribution in [0, 0.1) is 13.8 Å². The second kappa shape index (κ2) is 10.5. The minimum absolute atomic E-state index is 0.155. The molecule has 0 saturated heterocycles. The van der Waals surface area contributed by atoms with Gasteiger partial charge in [-0.3, -0.25) is 4.90 Å². The summed E-state index contributed by atoms with van der Waals surface area (Å²) in [4.78, 5) is 8.76. The van der Waals surface area contributed by atoms with Crippen molar-refractivity contribution in [3.63, 3.8) is 0 Å². The molecule has 0 radical (unpaired) electrons. The topological polar surface area (TPSA) is 24.3 Å². The summed E-state index contributed by atoms with van der Waals surface area (Å²) in [6.07, 6.45) is 1.73. The van der Waals surface area contributed by atoms with Crippen LogP contribution in [0.1, 0.15) is 54.8 Å². The lowest BCUT2D eigenvalue weighted by atomic mass is 10.1. The first-order valence-corrected chi connectivity index (χ1v) is 12.8. The summed E-state index contributed by atoms with van der Waals surface area (Å²) in [5.74, 6) is -2.52. The molecule has 1 aromatic heterocycles. The number of rotatable bonds is 8. The number of imidazole rings is 1. The van der Waals surface area contributed by atoms with E-state index >= 15 is 0 Å². The summed E-state index contributed by atoms with van der Waals surface area (Å²) < 4.78 is 31.8. The van der Waals surface area contributed by atoms with Crippen molar-refractivity contribution in [3.05, 3.63) is 74.5 Å². The summed E-state index contributed by atoms with van der Waals surface area (Å²) in [6.45, 7) is 10.2. The van der Waals surface area contributed by atoms with Gasteiger partial charge < -0.3 is 9.47 Å². The third-order valence-electron chi connectivity index (χ3n) is 6.37. The highest BCUT2D eigenvalue weighted by Crippen LogP contribution is 2.41. The third kappa shape index (κ3) is 5.65. The molecule has 0 amide bonds. The molecule has 2 aromatic carbocycles. The van der Waals surface area contributed by atoms with Gasteiger partial charge in [-0.1, -0.05) is 48.3 Å². The van der Waals surface area contributed by atoms with Crippen molar-refractivity contribution in [2.45, 2.75) is 66.1 Å². The van der Waals surface area contributed by atoms with E-state index in [1.165, 1.54) is 0 Å². The van der Waals surface area contributed by atoms with Gasteiger partial charge in [0.2, 0.25) is 5.95 Å². The lowest BCUT2D eigenvalue weighted by Gasteiger charge is -2.32. The average Bonchev–Trinajstić information content (AvgIpc) is 3.14. The van der Waals surface area contributed by atoms with Crippen LogP contribution in [-0.4, -0.2) is 27.5 Å². The van der Waals surface area contributed by atoms with E-state index in [1.807, 2.05) is 53.6 Å². The Labute approximate surface area is 216 Å². The Balaban J connectivity index is 1.75. The van der Waals surface area contributed by atoms with E-state index in [0.717, 1.165) is 48.7 Å². The van der Waals surface area contributed by atoms with Crippen molar-refractivity contribution in [2.24, 2.45) is 0 Å². The lowest BCUT2D eigenvalue weighted by Crippen LogP contribution is -2.31. The molecule has 188 valence electrons. The lowest BCUT2D eigenvalue weighted by molar-refractivity contribution is 0.0112. The molecule has 0 unspecified atom stereocenters. The van der Waals surface area contributed by atoms with Crippen molar-refractivity contribution in [3.8, 4) is 0 Å². The molecule has 1 aliphatic rings. The zero-order valence-corrected chi connectivity index (χ0v) is 22.2. The predicted molar refractivity (Wildman–Crippen MR) is 140 cm³/mol. The van der Waals surface area contributed by atoms with Crippen molar-refractivity contribution < 1.29 is 8.78 Å². The van der Waals surface area contributed by atoms with Gasteiger partial charge in [0.1, 0.15) is 5.69 Å². The molecule has 0 aliphatic carbocycles. The Morgan fingerprint density at radius 2 is 1.77 bits per heavy atom. The molecular weight excluding hydrogens is 489 g/mol. The molecular formula is C27H32Cl2F2N4. The highest BCUT2D eigenvalue weighted by atomic mass is 35.5. The van der Waals surface area contributed by atoms with E-state index in [-0.39, 0.29) is 5.69 Å². The first kappa shape index (κ1) is 25.9. The van der Waals surface area contributed by atoms with E-state index in [0.29, 0.717) is 47.9 Å². The van der Waals surface area contributed by atoms with E-state index in [2.05, 4.69) is 22.9 Å². The summed E-state index contributed by atoms with van der Waals surface area (Å²) in [5.41, 5.74) is 4.42. The number of aryl methyl sites for hydroxylation is 2. The highest BCUT2D eigenvalue weighted by molar-refractivity contribution is 6.33. The summed E-state index contributed by atoms with van der Waals surface area (Å²) in [7, 11) is 0. The molecule has 0 atom stereocenters. The average molecular weight is 521 g/mol. The van der Waals surface area contributed by atoms with Crippen LogP contribution in [0.25, 0.3) is 0 Å². The quantitative estimate of drug-likeness (QED) is 0.302. The SMILES string of the molecule is CCCN(Cc1ccc(Cl)cc1)Cc1c(C(C)(F)F)nc2n1CCCN2c1c(C)cc(C)cc1Cl. The maximum absolute atomic E-state index is 14.9. The van der Waals surface area contributed by atoms with Gasteiger partial charge >= 0.3 is 0 Å². The zero-order valence-electron chi connectivity index (χ0n) is 20.7. The maximum Gasteiger partial charge on any atom is 0.288 e. The summed E-state index contributed by atoms with van der Waals surface area (Å²) >= 11 is 12.7. The number of fused-ring (bicyclic) bond motifs is 1. The number of hydrogen-bond donors (Lipinski definition) is 0. The number of anilines is 2. The first-order valence-electron chi connectivity index (χ1n) is 12.1. The van der Waals surface area contributed by atoms with Crippen LogP contribution < -0.4 is 4.90 Å². The van der Waals surface area contributed by atoms with Gasteiger partial charge in [-0.2, -0.15) is 8.78 Å². The van der Waals surface area contributed by atoms with Crippen LogP contribution in [0.5, 0.6) is 0 Å². The molecule has 0 saturated carbocycles. The number of alkyl halides is 2. The second-order valence-corrected chi connectivity index (χ2v) is 10.3. The molecule has 35 heavy (non-hydrogen) atoms. The Morgan fingerprint density at radius 1 is 1.06 bits per heavy atom. The summed E-state index contributed by atoms with van der Waals surface area (Å²) in [5, 5.41) is 1.29. The van der Waals surface area contributed by atoms with E-state index in [1.54, 1.807) is 0 Å². The molecule has 0 N–H and O–H groups in total. The van der Waals surface area contributed by atoms with E-state index < -0.39 is 5.92 Å². The number of aromatic nitrogens is 2. The van der Waals surface area contributed by atoms with Crippen molar-refractivity contribution in [2.75, 3.05) is 18.0 Å². The number of hydrogen-bond acceptors (Lipinski definition) is 3. The number of benzene rings is 2. The Bertz CT molecular complexity index is 1160. The molecule has 0 bridgehead atoms. The van der Waals surface area contributed by atoms with Gasteiger partial charge in [-0.25, -0.2) is 4.98 Å². The highest BCUT2D eigenvalue weighted by Gasteiger charge is 2.37. The van der Waals surface area contributed by atoms with Gasteiger partial charge in [0.15, 0.2) is 0 Å². The molecule has 0 spiro atoms. The second-order valence-electron chi connectivity index (χ2n) is 9.50. The Hall–Kier alpha value is -2.15. The van der Waals surface area contributed by atoms with E-state index in [9.17, 15) is 8.78 Å². The van der Waals surface area contributed by atoms with Crippen LogP contribution in [0.3, 0.4) is 0 Å². The summed E-state index contributed by atoms with van der Waals surface area (Å²) in [6, 6.07) is 11.7. The van der Waals surface area contributed by atoms with Crippen LogP contribution in [0.15, 0.2) is 36.4 Å². The third-order valence-corrected chi connectivity index (χ3v) is 6.91. The van der Waals surface area contributed by atoms with E-state index in [4.69, 9.17) is 23.2 Å². The standard InChI is InChI=1S/C27H32Cl2F2N4/c1-5-11-33(16-20-7-9-21(28)10-8-20)17-23-25(27(4,30)31)32-26-34(23)12-6-13-35(26)24-19(3)14-18(2)15-22(24)29/h7-10,14-15H,5-6,11-13,16-17H2,1-4H3. The van der Waals surface area contributed by atoms with Gasteiger partial charge in [-0.05, 0) is 68.1 Å². The van der Waals surface area contributed by atoms with Crippen LogP contribution in [-0.2, 0) is 25.6 Å².